The van der Waals surface area contributed by atoms with E-state index in [9.17, 15) is 4.79 Å². The molecule has 0 radical (unpaired) electrons. The molecule has 2 N–H and O–H groups in total. The van der Waals surface area contributed by atoms with Crippen molar-refractivity contribution in [3.05, 3.63) is 0 Å². The molecule has 0 saturated heterocycles. The third-order valence-corrected chi connectivity index (χ3v) is 1.88. The number of nitrogens with two attached hydrogens (primary N) is 1. The fourth-order valence-electron chi connectivity index (χ4n) is 0.820. The molecule has 1 unspecified atom stereocenters. The molecule has 0 aliphatic heterocycles. The fourth-order valence-corrected chi connectivity index (χ4v) is 0.820. The summed E-state index contributed by atoms with van der Waals surface area (Å²) in [5, 5.41) is 0. The lowest BCUT2D eigenvalue weighted by Crippen LogP contribution is -2.58. The van der Waals surface area contributed by atoms with Gasteiger partial charge in [0.1, 0.15) is 0 Å². The number of rotatable bonds is 3. The van der Waals surface area contributed by atoms with Crippen LogP contribution < -0.4 is 5.73 Å². The van der Waals surface area contributed by atoms with Crippen LogP contribution in [0.5, 0.6) is 0 Å². The molecule has 0 aromatic carbocycles. The highest BCUT2D eigenvalue weighted by Crippen LogP contribution is 2.10. The maximum Gasteiger partial charge on any atom is 0.341 e. The zero-order valence-electron chi connectivity index (χ0n) is 7.55. The second-order valence-electron chi connectivity index (χ2n) is 2.66. The van der Waals surface area contributed by atoms with Crippen LogP contribution in [0.25, 0.3) is 0 Å². The van der Waals surface area contributed by atoms with E-state index in [1.165, 1.54) is 7.11 Å². The standard InChI is InChI=1S/C7H16N2O2/c1-5-7(8,9(2)3)6(10)11-4/h5,8H2,1-4H3. The summed E-state index contributed by atoms with van der Waals surface area (Å²) >= 11 is 0. The Kier molecular flexibility index (Phi) is 3.48. The number of carbonyl (C=O) groups excluding carboxylic acids is 1. The highest BCUT2D eigenvalue weighted by Gasteiger charge is 2.35. The van der Waals surface area contributed by atoms with Gasteiger partial charge in [-0.2, -0.15) is 0 Å². The maximum atomic E-state index is 11.1. The van der Waals surface area contributed by atoms with Gasteiger partial charge in [0.15, 0.2) is 5.66 Å². The van der Waals surface area contributed by atoms with Crippen LogP contribution in [0.1, 0.15) is 13.3 Å². The van der Waals surface area contributed by atoms with Gasteiger partial charge in [-0.05, 0) is 20.5 Å². The van der Waals surface area contributed by atoms with E-state index < -0.39 is 11.6 Å². The molecule has 0 saturated carbocycles. The Balaban J connectivity index is 4.45. The Morgan fingerprint density at radius 1 is 1.64 bits per heavy atom. The third kappa shape index (κ3) is 1.91. The molecule has 0 aliphatic rings. The second kappa shape index (κ2) is 3.69. The monoisotopic (exact) mass is 160 g/mol. The Hall–Kier alpha value is -0.610. The van der Waals surface area contributed by atoms with E-state index in [0.29, 0.717) is 6.42 Å². The molecule has 0 spiro atoms. The minimum Gasteiger partial charge on any atom is -0.467 e. The summed E-state index contributed by atoms with van der Waals surface area (Å²) < 4.78 is 4.56. The first kappa shape index (κ1) is 10.4. The van der Waals surface area contributed by atoms with Gasteiger partial charge < -0.3 is 10.5 Å². The van der Waals surface area contributed by atoms with Gasteiger partial charge >= 0.3 is 5.97 Å². The molecular weight excluding hydrogens is 144 g/mol. The summed E-state index contributed by atoms with van der Waals surface area (Å²) in [6, 6.07) is 0. The van der Waals surface area contributed by atoms with Crippen molar-refractivity contribution in [3.63, 3.8) is 0 Å². The smallest absolute Gasteiger partial charge is 0.341 e. The van der Waals surface area contributed by atoms with Gasteiger partial charge in [0.05, 0.1) is 7.11 Å². The predicted molar refractivity (Wildman–Crippen MR) is 42.9 cm³/mol. The minimum absolute atomic E-state index is 0.398. The zero-order valence-corrected chi connectivity index (χ0v) is 7.55. The number of likely N-dealkylation sites (N-methyl/N-ethyl adjacent to an activating group) is 1. The van der Waals surface area contributed by atoms with Gasteiger partial charge in [0, 0.05) is 0 Å². The number of hydrogen-bond donors (Lipinski definition) is 1. The molecule has 4 nitrogen and oxygen atoms in total. The van der Waals surface area contributed by atoms with Gasteiger partial charge in [-0.1, -0.05) is 6.92 Å². The number of esters is 1. The van der Waals surface area contributed by atoms with E-state index in [2.05, 4.69) is 4.74 Å². The summed E-state index contributed by atoms with van der Waals surface area (Å²) in [4.78, 5) is 12.8. The van der Waals surface area contributed by atoms with Gasteiger partial charge in [-0.25, -0.2) is 4.79 Å². The number of hydrogen-bond acceptors (Lipinski definition) is 4. The largest absolute Gasteiger partial charge is 0.467 e. The number of methoxy groups -OCH3 is 1. The molecule has 11 heavy (non-hydrogen) atoms. The molecule has 0 aliphatic carbocycles. The van der Waals surface area contributed by atoms with Crippen LogP contribution in [-0.4, -0.2) is 37.7 Å². The van der Waals surface area contributed by atoms with Crippen LogP contribution in [-0.2, 0) is 9.53 Å². The molecule has 0 amide bonds. The van der Waals surface area contributed by atoms with Gasteiger partial charge in [0.25, 0.3) is 0 Å². The van der Waals surface area contributed by atoms with Crippen LogP contribution in [0.15, 0.2) is 0 Å². The summed E-state index contributed by atoms with van der Waals surface area (Å²) in [7, 11) is 4.84. The topological polar surface area (TPSA) is 55.6 Å². The molecule has 66 valence electrons. The fraction of sp³-hybridized carbons (Fsp3) is 0.857. The Morgan fingerprint density at radius 3 is 2.18 bits per heavy atom. The van der Waals surface area contributed by atoms with Crippen LogP contribution in [0.3, 0.4) is 0 Å². The van der Waals surface area contributed by atoms with E-state index in [1.54, 1.807) is 19.0 Å². The lowest BCUT2D eigenvalue weighted by Gasteiger charge is -2.31. The molecule has 0 heterocycles. The van der Waals surface area contributed by atoms with Crippen molar-refractivity contribution in [2.24, 2.45) is 5.73 Å². The van der Waals surface area contributed by atoms with E-state index >= 15 is 0 Å². The lowest BCUT2D eigenvalue weighted by atomic mass is 10.1. The molecule has 0 rings (SSSR count). The van der Waals surface area contributed by atoms with Gasteiger partial charge in [0.2, 0.25) is 0 Å². The average Bonchev–Trinajstić information content (AvgIpc) is 2.01. The van der Waals surface area contributed by atoms with Crippen molar-refractivity contribution in [3.8, 4) is 0 Å². The Morgan fingerprint density at radius 2 is 2.09 bits per heavy atom. The van der Waals surface area contributed by atoms with E-state index in [-0.39, 0.29) is 0 Å². The summed E-state index contributed by atoms with van der Waals surface area (Å²) in [6.07, 6.45) is 0.534. The molecular formula is C7H16N2O2. The predicted octanol–water partition coefficient (Wildman–Crippen LogP) is -0.214. The maximum absolute atomic E-state index is 11.1. The normalized spacial score (nSPS) is 16.2. The summed E-state index contributed by atoms with van der Waals surface area (Å²) in [6.45, 7) is 1.84. The third-order valence-electron chi connectivity index (χ3n) is 1.88. The number of nitrogens with zero attached hydrogens (tertiary/aromatic N) is 1. The Labute approximate surface area is 67.3 Å². The van der Waals surface area contributed by atoms with Crippen LogP contribution in [0, 0.1) is 0 Å². The first-order valence-electron chi connectivity index (χ1n) is 3.53. The van der Waals surface area contributed by atoms with Crippen LogP contribution in [0.2, 0.25) is 0 Å². The minimum atomic E-state index is -0.977. The molecule has 0 bridgehead atoms. The highest BCUT2D eigenvalue weighted by molar-refractivity contribution is 5.79. The second-order valence-corrected chi connectivity index (χ2v) is 2.66. The quantitative estimate of drug-likeness (QED) is 0.458. The average molecular weight is 160 g/mol. The van der Waals surface area contributed by atoms with Crippen molar-refractivity contribution >= 4 is 5.97 Å². The number of carbonyl (C=O) groups is 1. The van der Waals surface area contributed by atoms with E-state index in [1.807, 2.05) is 6.92 Å². The van der Waals surface area contributed by atoms with Crippen molar-refractivity contribution in [1.29, 1.82) is 0 Å². The first-order chi connectivity index (χ1) is 4.99. The highest BCUT2D eigenvalue weighted by atomic mass is 16.5. The Bertz CT molecular complexity index is 147. The van der Waals surface area contributed by atoms with E-state index in [0.717, 1.165) is 0 Å². The number of ether oxygens (including phenoxy) is 1. The van der Waals surface area contributed by atoms with E-state index in [4.69, 9.17) is 5.73 Å². The van der Waals surface area contributed by atoms with Crippen molar-refractivity contribution in [2.75, 3.05) is 21.2 Å². The molecule has 0 aromatic rings. The van der Waals surface area contributed by atoms with Gasteiger partial charge in [-0.15, -0.1) is 0 Å². The van der Waals surface area contributed by atoms with Crippen LogP contribution in [0.4, 0.5) is 0 Å². The first-order valence-corrected chi connectivity index (χ1v) is 3.53. The summed E-state index contributed by atoms with van der Waals surface area (Å²) in [5.41, 5.74) is 4.77. The molecule has 4 heteroatoms. The molecule has 1 atom stereocenters. The van der Waals surface area contributed by atoms with Crippen molar-refractivity contribution in [1.82, 2.24) is 4.90 Å². The summed E-state index contributed by atoms with van der Waals surface area (Å²) in [5.74, 6) is -0.398. The zero-order chi connectivity index (χ0) is 9.07. The van der Waals surface area contributed by atoms with Crippen molar-refractivity contribution < 1.29 is 9.53 Å². The van der Waals surface area contributed by atoms with Crippen LogP contribution >= 0.6 is 0 Å². The molecule has 0 fully saturated rings. The lowest BCUT2D eigenvalue weighted by molar-refractivity contribution is -0.153. The SMILES string of the molecule is CCC(N)(C(=O)OC)N(C)C. The van der Waals surface area contributed by atoms with Gasteiger partial charge in [-0.3, -0.25) is 4.90 Å². The molecule has 0 aromatic heterocycles. The van der Waals surface area contributed by atoms with Crippen molar-refractivity contribution in [2.45, 2.75) is 19.0 Å².